The van der Waals surface area contributed by atoms with Gasteiger partial charge < -0.3 is 26.2 Å². The van der Waals surface area contributed by atoms with Crippen LogP contribution in [0.2, 0.25) is 0 Å². The summed E-state index contributed by atoms with van der Waals surface area (Å²) in [6, 6.07) is -1.72. The summed E-state index contributed by atoms with van der Waals surface area (Å²) in [5, 5.41) is 26.3. The summed E-state index contributed by atoms with van der Waals surface area (Å²) in [5.74, 6) is -0.626. The van der Waals surface area contributed by atoms with Gasteiger partial charge in [0.05, 0.1) is 6.04 Å². The van der Waals surface area contributed by atoms with Gasteiger partial charge in [-0.25, -0.2) is 0 Å². The summed E-state index contributed by atoms with van der Waals surface area (Å²) < 4.78 is 0. The van der Waals surface area contributed by atoms with Crippen LogP contribution in [-0.4, -0.2) is 59.6 Å². The first-order valence-corrected chi connectivity index (χ1v) is 11.4. The molecular formula is C22H35N3O6. The molecule has 0 heterocycles. The van der Waals surface area contributed by atoms with Crippen molar-refractivity contribution in [2.75, 3.05) is 13.6 Å². The fourth-order valence-corrected chi connectivity index (χ4v) is 6.39. The second-order valence-electron chi connectivity index (χ2n) is 9.90. The first-order valence-electron chi connectivity index (χ1n) is 11.4. The first-order chi connectivity index (χ1) is 14.7. The van der Waals surface area contributed by atoms with Gasteiger partial charge in [-0.05, 0) is 81.6 Å². The minimum Gasteiger partial charge on any atom is -0.481 e. The van der Waals surface area contributed by atoms with Gasteiger partial charge in [-0.15, -0.1) is 0 Å². The quantitative estimate of drug-likeness (QED) is 0.308. The number of rotatable bonds is 12. The molecule has 174 valence electrons. The standard InChI is InChI=1S/C22H35N3O6/c1-23-16(2-4-18(26)27)21(31)25-17(3-5-19(28)29)20(30)24-12-22-9-13-6-14(10-22)8-15(7-13)11-22/h13-17,23H,2-12H2,1H3,(H,24,30)(H,25,31)(H,26,27)(H,28,29)/t13?,14?,15?,16-,17-,22?/m0/s1. The molecule has 4 aliphatic rings. The Morgan fingerprint density at radius 2 is 1.32 bits per heavy atom. The fraction of sp³-hybridized carbons (Fsp3) is 0.818. The van der Waals surface area contributed by atoms with Crippen molar-refractivity contribution in [2.45, 2.75) is 76.3 Å². The van der Waals surface area contributed by atoms with Crippen LogP contribution in [0.1, 0.15) is 64.2 Å². The van der Waals surface area contributed by atoms with Gasteiger partial charge in [0.15, 0.2) is 0 Å². The van der Waals surface area contributed by atoms with E-state index in [-0.39, 0.29) is 37.0 Å². The number of hydrogen-bond acceptors (Lipinski definition) is 5. The number of carboxylic acid groups (broad SMARTS) is 2. The largest absolute Gasteiger partial charge is 0.481 e. The number of carbonyl (C=O) groups is 4. The summed E-state index contributed by atoms with van der Waals surface area (Å²) in [5.41, 5.74) is 0.140. The first kappa shape index (κ1) is 23.5. The van der Waals surface area contributed by atoms with Crippen molar-refractivity contribution in [1.82, 2.24) is 16.0 Å². The van der Waals surface area contributed by atoms with Gasteiger partial charge in [0, 0.05) is 19.4 Å². The monoisotopic (exact) mass is 437 g/mol. The van der Waals surface area contributed by atoms with E-state index in [9.17, 15) is 19.2 Å². The number of carbonyl (C=O) groups excluding carboxylic acids is 2. The molecule has 4 aliphatic carbocycles. The van der Waals surface area contributed by atoms with Gasteiger partial charge in [-0.3, -0.25) is 19.2 Å². The van der Waals surface area contributed by atoms with Crippen molar-refractivity contribution >= 4 is 23.8 Å². The minimum absolute atomic E-state index is 0.0108. The van der Waals surface area contributed by atoms with Crippen molar-refractivity contribution in [2.24, 2.45) is 23.2 Å². The number of nitrogens with one attached hydrogen (secondary N) is 3. The molecule has 4 fully saturated rings. The molecule has 4 bridgehead atoms. The van der Waals surface area contributed by atoms with Gasteiger partial charge in [-0.2, -0.15) is 0 Å². The highest BCUT2D eigenvalue weighted by molar-refractivity contribution is 5.90. The maximum Gasteiger partial charge on any atom is 0.303 e. The number of carboxylic acids is 2. The average Bonchev–Trinajstić information content (AvgIpc) is 2.68. The molecule has 0 aromatic carbocycles. The second-order valence-corrected chi connectivity index (χ2v) is 9.90. The summed E-state index contributed by atoms with van der Waals surface area (Å²) in [6.07, 6.45) is 7.01. The highest BCUT2D eigenvalue weighted by atomic mass is 16.4. The molecule has 0 aromatic rings. The molecule has 2 amide bonds. The van der Waals surface area contributed by atoms with E-state index in [2.05, 4.69) is 16.0 Å². The summed E-state index contributed by atoms with van der Waals surface area (Å²) in [4.78, 5) is 47.4. The third-order valence-electron chi connectivity index (χ3n) is 7.39. The SMILES string of the molecule is CN[C@@H](CCC(=O)O)C(=O)N[C@@H](CCC(=O)O)C(=O)NCC12CC3CC(CC(C3)C1)C2. The zero-order chi connectivity index (χ0) is 22.6. The van der Waals surface area contributed by atoms with Crippen molar-refractivity contribution in [1.29, 1.82) is 0 Å². The van der Waals surface area contributed by atoms with Crippen LogP contribution in [0, 0.1) is 23.2 Å². The lowest BCUT2D eigenvalue weighted by Crippen LogP contribution is -2.55. The number of amides is 2. The Hall–Kier alpha value is -2.16. The van der Waals surface area contributed by atoms with Crippen LogP contribution in [0.25, 0.3) is 0 Å². The van der Waals surface area contributed by atoms with E-state index in [1.54, 1.807) is 7.05 Å². The summed E-state index contributed by atoms with van der Waals surface area (Å²) in [6.45, 7) is 0.573. The number of aliphatic carboxylic acids is 2. The van der Waals surface area contributed by atoms with E-state index in [0.29, 0.717) is 6.54 Å². The van der Waals surface area contributed by atoms with Gasteiger partial charge in [0.25, 0.3) is 0 Å². The number of likely N-dealkylation sites (N-methyl/N-ethyl adjacent to an activating group) is 1. The van der Waals surface area contributed by atoms with Crippen LogP contribution >= 0.6 is 0 Å². The lowest BCUT2D eigenvalue weighted by Gasteiger charge is -2.57. The van der Waals surface area contributed by atoms with Gasteiger partial charge >= 0.3 is 11.9 Å². The highest BCUT2D eigenvalue weighted by Crippen LogP contribution is 2.59. The lowest BCUT2D eigenvalue weighted by molar-refractivity contribution is -0.139. The van der Waals surface area contributed by atoms with Crippen LogP contribution in [0.5, 0.6) is 0 Å². The molecule has 31 heavy (non-hydrogen) atoms. The molecule has 5 N–H and O–H groups in total. The van der Waals surface area contributed by atoms with E-state index in [1.807, 2.05) is 0 Å². The molecule has 9 nitrogen and oxygen atoms in total. The Balaban J connectivity index is 1.58. The Morgan fingerprint density at radius 1 is 0.839 bits per heavy atom. The molecule has 0 saturated heterocycles. The third kappa shape index (κ3) is 6.18. The topological polar surface area (TPSA) is 145 Å². The molecule has 2 atom stereocenters. The summed E-state index contributed by atoms with van der Waals surface area (Å²) in [7, 11) is 1.55. The second kappa shape index (κ2) is 9.97. The molecular weight excluding hydrogens is 402 g/mol. The predicted octanol–water partition coefficient (Wildman–Crippen LogP) is 1.12. The molecule has 9 heteroatoms. The van der Waals surface area contributed by atoms with Gasteiger partial charge in [0.1, 0.15) is 6.04 Å². The number of hydrogen-bond donors (Lipinski definition) is 5. The molecule has 0 radical (unpaired) electrons. The van der Waals surface area contributed by atoms with Crippen molar-refractivity contribution in [3.05, 3.63) is 0 Å². The van der Waals surface area contributed by atoms with E-state index >= 15 is 0 Å². The normalized spacial score (nSPS) is 30.4. The maximum absolute atomic E-state index is 12.9. The van der Waals surface area contributed by atoms with Crippen LogP contribution in [0.15, 0.2) is 0 Å². The maximum atomic E-state index is 12.9. The molecule has 0 unspecified atom stereocenters. The van der Waals surface area contributed by atoms with Crippen LogP contribution in [0.4, 0.5) is 0 Å². The van der Waals surface area contributed by atoms with Gasteiger partial charge in [0.2, 0.25) is 11.8 Å². The van der Waals surface area contributed by atoms with E-state index < -0.39 is 29.9 Å². The minimum atomic E-state index is -1.04. The highest BCUT2D eigenvalue weighted by Gasteiger charge is 2.50. The van der Waals surface area contributed by atoms with Crippen molar-refractivity contribution in [3.8, 4) is 0 Å². The molecule has 4 saturated carbocycles. The van der Waals surface area contributed by atoms with E-state index in [0.717, 1.165) is 37.0 Å². The van der Waals surface area contributed by atoms with Crippen LogP contribution in [-0.2, 0) is 19.2 Å². The Morgan fingerprint density at radius 3 is 1.77 bits per heavy atom. The van der Waals surface area contributed by atoms with Crippen LogP contribution < -0.4 is 16.0 Å². The molecule has 0 aromatic heterocycles. The molecule has 4 rings (SSSR count). The van der Waals surface area contributed by atoms with E-state index in [4.69, 9.17) is 10.2 Å². The zero-order valence-electron chi connectivity index (χ0n) is 18.2. The predicted molar refractivity (Wildman–Crippen MR) is 112 cm³/mol. The lowest BCUT2D eigenvalue weighted by atomic mass is 9.49. The molecule has 0 spiro atoms. The zero-order valence-corrected chi connectivity index (χ0v) is 18.2. The Bertz CT molecular complexity index is 674. The van der Waals surface area contributed by atoms with Crippen molar-refractivity contribution in [3.63, 3.8) is 0 Å². The van der Waals surface area contributed by atoms with Crippen molar-refractivity contribution < 1.29 is 29.4 Å². The van der Waals surface area contributed by atoms with Gasteiger partial charge in [-0.1, -0.05) is 0 Å². The average molecular weight is 438 g/mol. The van der Waals surface area contributed by atoms with E-state index in [1.165, 1.54) is 19.3 Å². The third-order valence-corrected chi connectivity index (χ3v) is 7.39. The Labute approximate surface area is 182 Å². The smallest absolute Gasteiger partial charge is 0.303 e. The fourth-order valence-electron chi connectivity index (χ4n) is 6.39. The summed E-state index contributed by atoms with van der Waals surface area (Å²) >= 11 is 0. The molecule has 0 aliphatic heterocycles. The Kier molecular flexibility index (Phi) is 7.56. The van der Waals surface area contributed by atoms with Crippen LogP contribution in [0.3, 0.4) is 0 Å².